The van der Waals surface area contributed by atoms with Crippen LogP contribution in [-0.4, -0.2) is 37.4 Å². The van der Waals surface area contributed by atoms with Crippen molar-refractivity contribution in [1.29, 1.82) is 0 Å². The van der Waals surface area contributed by atoms with Gasteiger partial charge in [-0.2, -0.15) is 0 Å². The first kappa shape index (κ1) is 12.4. The molecule has 1 aliphatic rings. The Bertz CT molecular complexity index is 573. The predicted octanol–water partition coefficient (Wildman–Crippen LogP) is 1.99. The molecular weight excluding hydrogens is 240 g/mol. The van der Waals surface area contributed by atoms with Crippen LogP contribution in [-0.2, 0) is 4.74 Å². The third kappa shape index (κ3) is 2.29. The molecule has 3 atom stereocenters. The van der Waals surface area contributed by atoms with Crippen LogP contribution in [0.3, 0.4) is 0 Å². The van der Waals surface area contributed by atoms with Gasteiger partial charge in [-0.1, -0.05) is 6.07 Å². The molecule has 0 aliphatic heterocycles. The van der Waals surface area contributed by atoms with Gasteiger partial charge in [0.25, 0.3) is 0 Å². The molecule has 1 saturated carbocycles. The van der Waals surface area contributed by atoms with E-state index in [1.807, 2.05) is 37.4 Å². The summed E-state index contributed by atoms with van der Waals surface area (Å²) in [6.07, 6.45) is 2.99. The van der Waals surface area contributed by atoms with Crippen LogP contribution in [0.25, 0.3) is 10.9 Å². The third-order valence-corrected chi connectivity index (χ3v) is 3.76. The average molecular weight is 258 g/mol. The lowest BCUT2D eigenvalue weighted by molar-refractivity contribution is -0.0869. The van der Waals surface area contributed by atoms with Gasteiger partial charge in [-0.3, -0.25) is 4.98 Å². The SMILES string of the molecule is CNC1CC(Oc2ccc3cccnc3c2)C1OC. The van der Waals surface area contributed by atoms with E-state index in [2.05, 4.69) is 10.3 Å². The fourth-order valence-corrected chi connectivity index (χ4v) is 2.59. The Morgan fingerprint density at radius 1 is 1.32 bits per heavy atom. The van der Waals surface area contributed by atoms with E-state index in [1.54, 1.807) is 13.3 Å². The van der Waals surface area contributed by atoms with E-state index in [4.69, 9.17) is 9.47 Å². The zero-order chi connectivity index (χ0) is 13.2. The van der Waals surface area contributed by atoms with Crippen molar-refractivity contribution < 1.29 is 9.47 Å². The minimum Gasteiger partial charge on any atom is -0.488 e. The van der Waals surface area contributed by atoms with Crippen molar-refractivity contribution >= 4 is 10.9 Å². The number of likely N-dealkylation sites (N-methyl/N-ethyl adjacent to an activating group) is 1. The van der Waals surface area contributed by atoms with E-state index in [0.29, 0.717) is 6.04 Å². The molecule has 1 aromatic carbocycles. The maximum atomic E-state index is 5.99. The van der Waals surface area contributed by atoms with Crippen LogP contribution in [0.2, 0.25) is 0 Å². The molecule has 1 aliphatic carbocycles. The molecule has 19 heavy (non-hydrogen) atoms. The van der Waals surface area contributed by atoms with E-state index in [-0.39, 0.29) is 12.2 Å². The summed E-state index contributed by atoms with van der Waals surface area (Å²) in [6, 6.07) is 10.4. The molecular formula is C15H18N2O2. The van der Waals surface area contributed by atoms with Crippen molar-refractivity contribution in [1.82, 2.24) is 10.3 Å². The Morgan fingerprint density at radius 2 is 2.21 bits per heavy atom. The molecule has 1 N–H and O–H groups in total. The predicted molar refractivity (Wildman–Crippen MR) is 74.4 cm³/mol. The lowest BCUT2D eigenvalue weighted by Crippen LogP contribution is -2.60. The van der Waals surface area contributed by atoms with Gasteiger partial charge in [0, 0.05) is 37.2 Å². The molecule has 3 unspecified atom stereocenters. The summed E-state index contributed by atoms with van der Waals surface area (Å²) in [6.45, 7) is 0. The Hall–Kier alpha value is -1.65. The second-order valence-corrected chi connectivity index (χ2v) is 4.85. The van der Waals surface area contributed by atoms with E-state index in [9.17, 15) is 0 Å². The van der Waals surface area contributed by atoms with Gasteiger partial charge in [-0.25, -0.2) is 0 Å². The quantitative estimate of drug-likeness (QED) is 0.910. The third-order valence-electron chi connectivity index (χ3n) is 3.76. The summed E-state index contributed by atoms with van der Waals surface area (Å²) in [4.78, 5) is 4.34. The number of ether oxygens (including phenoxy) is 2. The summed E-state index contributed by atoms with van der Waals surface area (Å²) in [7, 11) is 3.68. The molecule has 0 amide bonds. The van der Waals surface area contributed by atoms with Gasteiger partial charge in [0.2, 0.25) is 0 Å². The van der Waals surface area contributed by atoms with Crippen LogP contribution in [0.4, 0.5) is 0 Å². The van der Waals surface area contributed by atoms with Crippen LogP contribution >= 0.6 is 0 Å². The number of nitrogens with one attached hydrogen (secondary N) is 1. The first-order valence-corrected chi connectivity index (χ1v) is 6.53. The highest BCUT2D eigenvalue weighted by Gasteiger charge is 2.42. The van der Waals surface area contributed by atoms with Crippen molar-refractivity contribution in [2.45, 2.75) is 24.7 Å². The molecule has 0 spiro atoms. The van der Waals surface area contributed by atoms with Crippen LogP contribution < -0.4 is 10.1 Å². The molecule has 100 valence electrons. The van der Waals surface area contributed by atoms with Crippen molar-refractivity contribution in [2.24, 2.45) is 0 Å². The van der Waals surface area contributed by atoms with E-state index >= 15 is 0 Å². The zero-order valence-corrected chi connectivity index (χ0v) is 11.2. The Labute approximate surface area is 112 Å². The number of nitrogens with zero attached hydrogens (tertiary/aromatic N) is 1. The number of hydrogen-bond donors (Lipinski definition) is 1. The van der Waals surface area contributed by atoms with Gasteiger partial charge < -0.3 is 14.8 Å². The van der Waals surface area contributed by atoms with Crippen LogP contribution in [0.1, 0.15) is 6.42 Å². The Balaban J connectivity index is 1.75. The highest BCUT2D eigenvalue weighted by Crippen LogP contribution is 2.29. The number of rotatable bonds is 4. The first-order chi connectivity index (χ1) is 9.31. The summed E-state index contributed by atoms with van der Waals surface area (Å²) >= 11 is 0. The van der Waals surface area contributed by atoms with Gasteiger partial charge in [0.15, 0.2) is 0 Å². The Morgan fingerprint density at radius 3 is 3.00 bits per heavy atom. The monoisotopic (exact) mass is 258 g/mol. The molecule has 3 rings (SSSR count). The number of benzene rings is 1. The van der Waals surface area contributed by atoms with Crippen molar-refractivity contribution in [2.75, 3.05) is 14.2 Å². The molecule has 0 bridgehead atoms. The van der Waals surface area contributed by atoms with Crippen LogP contribution in [0.15, 0.2) is 36.5 Å². The first-order valence-electron chi connectivity index (χ1n) is 6.53. The molecule has 0 radical (unpaired) electrons. The number of methoxy groups -OCH3 is 1. The second-order valence-electron chi connectivity index (χ2n) is 4.85. The molecule has 1 fully saturated rings. The van der Waals surface area contributed by atoms with E-state index in [1.165, 1.54) is 0 Å². The largest absolute Gasteiger partial charge is 0.488 e. The van der Waals surface area contributed by atoms with E-state index < -0.39 is 0 Å². The highest BCUT2D eigenvalue weighted by molar-refractivity contribution is 5.79. The van der Waals surface area contributed by atoms with Crippen molar-refractivity contribution in [3.05, 3.63) is 36.5 Å². The second kappa shape index (κ2) is 5.15. The summed E-state index contributed by atoms with van der Waals surface area (Å²) in [5, 5.41) is 4.36. The zero-order valence-electron chi connectivity index (χ0n) is 11.2. The number of fused-ring (bicyclic) bond motifs is 1. The maximum absolute atomic E-state index is 5.99. The number of aromatic nitrogens is 1. The minimum atomic E-state index is 0.114. The topological polar surface area (TPSA) is 43.4 Å². The normalized spacial score (nSPS) is 26.1. The van der Waals surface area contributed by atoms with Gasteiger partial charge in [0.05, 0.1) is 5.52 Å². The van der Waals surface area contributed by atoms with Gasteiger partial charge >= 0.3 is 0 Å². The van der Waals surface area contributed by atoms with Crippen molar-refractivity contribution in [3.63, 3.8) is 0 Å². The summed E-state index contributed by atoms with van der Waals surface area (Å²) < 4.78 is 11.4. The fraction of sp³-hybridized carbons (Fsp3) is 0.400. The molecule has 0 saturated heterocycles. The lowest BCUT2D eigenvalue weighted by Gasteiger charge is -2.42. The molecule has 4 heteroatoms. The Kier molecular flexibility index (Phi) is 3.36. The van der Waals surface area contributed by atoms with Crippen molar-refractivity contribution in [3.8, 4) is 5.75 Å². The molecule has 2 aromatic rings. The van der Waals surface area contributed by atoms with Gasteiger partial charge in [0.1, 0.15) is 18.0 Å². The lowest BCUT2D eigenvalue weighted by atomic mass is 9.85. The highest BCUT2D eigenvalue weighted by atomic mass is 16.5. The fourth-order valence-electron chi connectivity index (χ4n) is 2.59. The number of pyridine rings is 1. The van der Waals surface area contributed by atoms with Gasteiger partial charge in [-0.05, 0) is 25.2 Å². The van der Waals surface area contributed by atoms with Crippen LogP contribution in [0, 0.1) is 0 Å². The maximum Gasteiger partial charge on any atom is 0.128 e. The molecule has 1 heterocycles. The molecule has 1 aromatic heterocycles. The summed E-state index contributed by atoms with van der Waals surface area (Å²) in [5.41, 5.74) is 0.957. The summed E-state index contributed by atoms with van der Waals surface area (Å²) in [5.74, 6) is 0.854. The standard InChI is InChI=1S/C15H18N2O2/c1-16-13-9-14(15(13)18-2)19-11-6-5-10-4-3-7-17-12(10)8-11/h3-8,13-16H,9H2,1-2H3. The molecule has 4 nitrogen and oxygen atoms in total. The van der Waals surface area contributed by atoms with Gasteiger partial charge in [-0.15, -0.1) is 0 Å². The minimum absolute atomic E-state index is 0.114. The van der Waals surface area contributed by atoms with E-state index in [0.717, 1.165) is 23.1 Å². The average Bonchev–Trinajstić information content (AvgIpc) is 2.43. The number of hydrogen-bond acceptors (Lipinski definition) is 4. The van der Waals surface area contributed by atoms with Crippen LogP contribution in [0.5, 0.6) is 5.75 Å². The smallest absolute Gasteiger partial charge is 0.128 e.